The van der Waals surface area contributed by atoms with E-state index in [9.17, 15) is 18.0 Å². The van der Waals surface area contributed by atoms with E-state index in [4.69, 9.17) is 0 Å². The summed E-state index contributed by atoms with van der Waals surface area (Å²) in [5, 5.41) is 4.49. The van der Waals surface area contributed by atoms with E-state index in [1.807, 2.05) is 32.0 Å². The molecule has 0 atom stereocenters. The summed E-state index contributed by atoms with van der Waals surface area (Å²) in [5.41, 5.74) is 3.40. The number of benzene rings is 2. The zero-order valence-electron chi connectivity index (χ0n) is 17.8. The maximum Gasteiger partial charge on any atom is 0.416 e. The van der Waals surface area contributed by atoms with Gasteiger partial charge in [0.25, 0.3) is 5.91 Å². The molecule has 0 N–H and O–H groups in total. The number of halogens is 3. The monoisotopic (exact) mass is 438 g/mol. The van der Waals surface area contributed by atoms with Crippen LogP contribution in [-0.4, -0.2) is 27.2 Å². The number of hydrogen-bond acceptors (Lipinski definition) is 3. The summed E-state index contributed by atoms with van der Waals surface area (Å²) >= 11 is 0. The van der Waals surface area contributed by atoms with Gasteiger partial charge in [-0.05, 0) is 61.9 Å². The number of alkyl halides is 3. The van der Waals surface area contributed by atoms with Gasteiger partial charge in [-0.15, -0.1) is 0 Å². The first kappa shape index (κ1) is 21.5. The van der Waals surface area contributed by atoms with E-state index in [2.05, 4.69) is 10.1 Å². The average Bonchev–Trinajstić information content (AvgIpc) is 3.19. The highest BCUT2D eigenvalue weighted by molar-refractivity contribution is 6.05. The maximum atomic E-state index is 13.0. The quantitative estimate of drug-likeness (QED) is 0.415. The Hall–Kier alpha value is -3.68. The van der Waals surface area contributed by atoms with Crippen LogP contribution in [0.1, 0.15) is 28.5 Å². The number of anilines is 1. The van der Waals surface area contributed by atoms with Crippen molar-refractivity contribution >= 4 is 22.5 Å². The molecule has 0 aliphatic heterocycles. The van der Waals surface area contributed by atoms with Crippen molar-refractivity contribution < 1.29 is 18.0 Å². The fourth-order valence-electron chi connectivity index (χ4n) is 3.73. The Balaban J connectivity index is 1.67. The van der Waals surface area contributed by atoms with Crippen LogP contribution in [0.3, 0.4) is 0 Å². The molecule has 0 saturated carbocycles. The Bertz CT molecular complexity index is 1310. The number of rotatable bonds is 4. The summed E-state index contributed by atoms with van der Waals surface area (Å²) < 4.78 is 40.4. The summed E-state index contributed by atoms with van der Waals surface area (Å²) in [7, 11) is 1.72. The predicted molar refractivity (Wildman–Crippen MR) is 117 cm³/mol. The normalized spacial score (nSPS) is 11.7. The molecule has 2 aromatic carbocycles. The molecule has 0 saturated heterocycles. The first-order valence-corrected chi connectivity index (χ1v) is 10.1. The second kappa shape index (κ2) is 8.11. The topological polar surface area (TPSA) is 51.0 Å². The lowest BCUT2D eigenvalue weighted by Gasteiger charge is -2.23. The molecule has 4 rings (SSSR count). The van der Waals surface area contributed by atoms with Crippen LogP contribution < -0.4 is 4.90 Å². The molecular weight excluding hydrogens is 417 g/mol. The van der Waals surface area contributed by atoms with E-state index in [1.54, 1.807) is 36.3 Å². The molecule has 0 spiro atoms. The average molecular weight is 438 g/mol. The van der Waals surface area contributed by atoms with Crippen molar-refractivity contribution in [2.75, 3.05) is 11.4 Å². The smallest absolute Gasteiger partial charge is 0.307 e. The molecule has 164 valence electrons. The minimum Gasteiger partial charge on any atom is -0.307 e. The van der Waals surface area contributed by atoms with E-state index in [1.165, 1.54) is 10.7 Å². The fraction of sp³-hybridized carbons (Fsp3) is 0.208. The van der Waals surface area contributed by atoms with Gasteiger partial charge < -0.3 is 4.90 Å². The van der Waals surface area contributed by atoms with Gasteiger partial charge in [-0.2, -0.15) is 18.3 Å². The van der Waals surface area contributed by atoms with Crippen LogP contribution in [0.4, 0.5) is 18.9 Å². The van der Waals surface area contributed by atoms with Gasteiger partial charge in [0.15, 0.2) is 0 Å². The molecule has 5 nitrogen and oxygen atoms in total. The number of aromatic nitrogens is 3. The summed E-state index contributed by atoms with van der Waals surface area (Å²) in [6.07, 6.45) is -2.81. The number of aryl methyl sites for hydroxylation is 2. The molecule has 8 heteroatoms. The molecule has 0 unspecified atom stereocenters. The summed E-state index contributed by atoms with van der Waals surface area (Å²) in [5.74, 6) is -0.146. The molecule has 1 amide bonds. The third-order valence-corrected chi connectivity index (χ3v) is 5.40. The Kier molecular flexibility index (Phi) is 5.46. The zero-order valence-corrected chi connectivity index (χ0v) is 17.8. The molecule has 32 heavy (non-hydrogen) atoms. The largest absolute Gasteiger partial charge is 0.416 e. The van der Waals surface area contributed by atoms with Crippen molar-refractivity contribution in [3.8, 4) is 11.3 Å². The molecular formula is C24H21F3N4O. The lowest BCUT2D eigenvalue weighted by atomic mass is 10.0. The van der Waals surface area contributed by atoms with Crippen molar-refractivity contribution in [1.82, 2.24) is 14.8 Å². The van der Waals surface area contributed by atoms with Gasteiger partial charge in [-0.25, -0.2) is 4.98 Å². The summed E-state index contributed by atoms with van der Waals surface area (Å²) in [4.78, 5) is 19.2. The van der Waals surface area contributed by atoms with Gasteiger partial charge in [0.1, 0.15) is 5.69 Å². The highest BCUT2D eigenvalue weighted by atomic mass is 19.4. The standard InChI is InChI=1S/C24H21F3N4O/c1-4-31(23(32)22-11-12-28-30(22)3)21-10-6-16(13-15(21)2)19-8-5-17-14-18(24(25,26)27)7-9-20(17)29-19/h5-14H,4H2,1-3H3. The lowest BCUT2D eigenvalue weighted by molar-refractivity contribution is -0.137. The maximum absolute atomic E-state index is 13.0. The van der Waals surface area contributed by atoms with Crippen LogP contribution in [0.15, 0.2) is 60.8 Å². The molecule has 4 aromatic rings. The highest BCUT2D eigenvalue weighted by Gasteiger charge is 2.30. The van der Waals surface area contributed by atoms with Crippen LogP contribution in [0.2, 0.25) is 0 Å². The number of fused-ring (bicyclic) bond motifs is 1. The molecule has 2 aromatic heterocycles. The van der Waals surface area contributed by atoms with E-state index < -0.39 is 11.7 Å². The number of hydrogen-bond donors (Lipinski definition) is 0. The van der Waals surface area contributed by atoms with Crippen molar-refractivity contribution in [3.63, 3.8) is 0 Å². The molecule has 0 radical (unpaired) electrons. The van der Waals surface area contributed by atoms with Crippen LogP contribution in [0.25, 0.3) is 22.2 Å². The van der Waals surface area contributed by atoms with Crippen molar-refractivity contribution in [2.45, 2.75) is 20.0 Å². The SMILES string of the molecule is CCN(C(=O)c1ccnn1C)c1ccc(-c2ccc3cc(C(F)(F)F)ccc3n2)cc1C. The van der Waals surface area contributed by atoms with Gasteiger partial charge in [-0.1, -0.05) is 12.1 Å². The predicted octanol–water partition coefficient (Wildman–Crippen LogP) is 5.63. The molecule has 2 heterocycles. The van der Waals surface area contributed by atoms with Crippen molar-refractivity contribution in [2.24, 2.45) is 7.05 Å². The Labute approximate surface area is 183 Å². The fourth-order valence-corrected chi connectivity index (χ4v) is 3.73. The molecule has 0 aliphatic carbocycles. The van der Waals surface area contributed by atoms with E-state index in [0.29, 0.717) is 28.8 Å². The van der Waals surface area contributed by atoms with Crippen LogP contribution >= 0.6 is 0 Å². The van der Waals surface area contributed by atoms with Crippen LogP contribution in [0, 0.1) is 6.92 Å². The van der Waals surface area contributed by atoms with Crippen LogP contribution in [0.5, 0.6) is 0 Å². The minimum atomic E-state index is -4.39. The third kappa shape index (κ3) is 3.95. The summed E-state index contributed by atoms with van der Waals surface area (Å²) in [6, 6.07) is 14.2. The number of carbonyl (C=O) groups excluding carboxylic acids is 1. The second-order valence-electron chi connectivity index (χ2n) is 7.49. The number of amides is 1. The highest BCUT2D eigenvalue weighted by Crippen LogP contribution is 2.32. The van der Waals surface area contributed by atoms with Crippen LogP contribution in [-0.2, 0) is 13.2 Å². The van der Waals surface area contributed by atoms with Gasteiger partial charge >= 0.3 is 6.18 Å². The number of nitrogens with zero attached hydrogens (tertiary/aromatic N) is 4. The van der Waals surface area contributed by atoms with Gasteiger partial charge in [-0.3, -0.25) is 9.48 Å². The van der Waals surface area contributed by atoms with E-state index in [0.717, 1.165) is 28.9 Å². The van der Waals surface area contributed by atoms with Gasteiger partial charge in [0, 0.05) is 36.4 Å². The minimum absolute atomic E-state index is 0.146. The number of pyridine rings is 1. The first-order valence-electron chi connectivity index (χ1n) is 10.1. The second-order valence-corrected chi connectivity index (χ2v) is 7.49. The van der Waals surface area contributed by atoms with E-state index in [-0.39, 0.29) is 5.91 Å². The Morgan fingerprint density at radius 3 is 2.47 bits per heavy atom. The van der Waals surface area contributed by atoms with E-state index >= 15 is 0 Å². The van der Waals surface area contributed by atoms with Crippen molar-refractivity contribution in [3.05, 3.63) is 77.6 Å². The first-order chi connectivity index (χ1) is 15.2. The summed E-state index contributed by atoms with van der Waals surface area (Å²) in [6.45, 7) is 4.30. The Morgan fingerprint density at radius 2 is 1.84 bits per heavy atom. The Morgan fingerprint density at radius 1 is 1.06 bits per heavy atom. The zero-order chi connectivity index (χ0) is 23.0. The molecule has 0 aliphatic rings. The van der Waals surface area contributed by atoms with Gasteiger partial charge in [0.05, 0.1) is 16.8 Å². The number of carbonyl (C=O) groups is 1. The molecule has 0 bridgehead atoms. The van der Waals surface area contributed by atoms with Crippen molar-refractivity contribution in [1.29, 1.82) is 0 Å². The molecule has 0 fully saturated rings. The lowest BCUT2D eigenvalue weighted by Crippen LogP contribution is -2.32. The van der Waals surface area contributed by atoms with Gasteiger partial charge in [0.2, 0.25) is 0 Å². The third-order valence-electron chi connectivity index (χ3n) is 5.40.